The van der Waals surface area contributed by atoms with Gasteiger partial charge in [0, 0.05) is 0 Å². The fraction of sp³-hybridized carbons (Fsp3) is 0.800. The summed E-state index contributed by atoms with van der Waals surface area (Å²) >= 11 is 0. The SMILES string of the molecule is OC1CCCC2=C1CCCC2. The van der Waals surface area contributed by atoms with Crippen LogP contribution in [0.3, 0.4) is 0 Å². The molecular formula is C10H16O. The largest absolute Gasteiger partial charge is 0.389 e. The van der Waals surface area contributed by atoms with Crippen molar-refractivity contribution in [3.8, 4) is 0 Å². The van der Waals surface area contributed by atoms with Crippen LogP contribution in [0.1, 0.15) is 44.9 Å². The van der Waals surface area contributed by atoms with Gasteiger partial charge in [-0.15, -0.1) is 0 Å². The number of rotatable bonds is 0. The number of aliphatic hydroxyl groups is 1. The Morgan fingerprint density at radius 3 is 2.55 bits per heavy atom. The summed E-state index contributed by atoms with van der Waals surface area (Å²) in [4.78, 5) is 0. The predicted molar refractivity (Wildman–Crippen MR) is 45.4 cm³/mol. The van der Waals surface area contributed by atoms with E-state index in [0.717, 1.165) is 6.42 Å². The molecule has 11 heavy (non-hydrogen) atoms. The van der Waals surface area contributed by atoms with Crippen LogP contribution in [-0.4, -0.2) is 11.2 Å². The van der Waals surface area contributed by atoms with Gasteiger partial charge in [-0.2, -0.15) is 0 Å². The molecule has 0 amide bonds. The van der Waals surface area contributed by atoms with E-state index in [4.69, 9.17) is 0 Å². The highest BCUT2D eigenvalue weighted by Gasteiger charge is 2.22. The average molecular weight is 152 g/mol. The predicted octanol–water partition coefficient (Wildman–Crippen LogP) is 2.40. The summed E-state index contributed by atoms with van der Waals surface area (Å²) < 4.78 is 0. The minimum Gasteiger partial charge on any atom is -0.389 e. The highest BCUT2D eigenvalue weighted by Crippen LogP contribution is 2.35. The number of hydrogen-bond acceptors (Lipinski definition) is 1. The molecule has 2 aliphatic carbocycles. The summed E-state index contributed by atoms with van der Waals surface area (Å²) in [6.45, 7) is 0. The molecule has 0 saturated carbocycles. The van der Waals surface area contributed by atoms with Crippen LogP contribution in [0, 0.1) is 0 Å². The highest BCUT2D eigenvalue weighted by molar-refractivity contribution is 5.23. The van der Waals surface area contributed by atoms with Gasteiger partial charge < -0.3 is 5.11 Å². The third kappa shape index (κ3) is 1.34. The molecule has 1 nitrogen and oxygen atoms in total. The summed E-state index contributed by atoms with van der Waals surface area (Å²) in [6, 6.07) is 0. The molecular weight excluding hydrogens is 136 g/mol. The lowest BCUT2D eigenvalue weighted by atomic mass is 9.81. The van der Waals surface area contributed by atoms with Crippen molar-refractivity contribution in [3.63, 3.8) is 0 Å². The molecule has 1 heteroatoms. The van der Waals surface area contributed by atoms with Crippen molar-refractivity contribution in [2.75, 3.05) is 0 Å². The van der Waals surface area contributed by atoms with Gasteiger partial charge in [0.25, 0.3) is 0 Å². The summed E-state index contributed by atoms with van der Waals surface area (Å²) in [5.41, 5.74) is 3.00. The maximum Gasteiger partial charge on any atom is 0.0752 e. The molecule has 2 aliphatic rings. The van der Waals surface area contributed by atoms with E-state index < -0.39 is 0 Å². The second-order valence-electron chi connectivity index (χ2n) is 3.74. The van der Waals surface area contributed by atoms with Gasteiger partial charge in [-0.1, -0.05) is 5.57 Å². The monoisotopic (exact) mass is 152 g/mol. The minimum absolute atomic E-state index is 0.0703. The molecule has 0 aromatic rings. The molecule has 0 aromatic heterocycles. The molecule has 0 aliphatic heterocycles. The summed E-state index contributed by atoms with van der Waals surface area (Å²) in [5, 5.41) is 9.65. The first kappa shape index (κ1) is 7.35. The zero-order valence-electron chi connectivity index (χ0n) is 6.97. The van der Waals surface area contributed by atoms with Crippen molar-refractivity contribution < 1.29 is 5.11 Å². The van der Waals surface area contributed by atoms with Crippen LogP contribution in [0.15, 0.2) is 11.1 Å². The molecule has 0 bridgehead atoms. The lowest BCUT2D eigenvalue weighted by molar-refractivity contribution is 0.180. The molecule has 1 unspecified atom stereocenters. The van der Waals surface area contributed by atoms with E-state index in [2.05, 4.69) is 0 Å². The first-order valence-electron chi connectivity index (χ1n) is 4.77. The van der Waals surface area contributed by atoms with Gasteiger partial charge in [-0.05, 0) is 50.5 Å². The Bertz CT molecular complexity index is 177. The summed E-state index contributed by atoms with van der Waals surface area (Å²) in [6.07, 6.45) is 8.52. The van der Waals surface area contributed by atoms with Crippen LogP contribution in [0.5, 0.6) is 0 Å². The van der Waals surface area contributed by atoms with Gasteiger partial charge in [0.15, 0.2) is 0 Å². The highest BCUT2D eigenvalue weighted by atomic mass is 16.3. The van der Waals surface area contributed by atoms with E-state index in [1.165, 1.54) is 44.1 Å². The average Bonchev–Trinajstić information content (AvgIpc) is 2.06. The zero-order chi connectivity index (χ0) is 7.68. The Kier molecular flexibility index (Phi) is 1.99. The number of hydrogen-bond donors (Lipinski definition) is 1. The van der Waals surface area contributed by atoms with Gasteiger partial charge in [0.2, 0.25) is 0 Å². The molecule has 0 heterocycles. The smallest absolute Gasteiger partial charge is 0.0752 e. The molecule has 2 rings (SSSR count). The van der Waals surface area contributed by atoms with E-state index in [9.17, 15) is 5.11 Å². The number of allylic oxidation sites excluding steroid dienone is 1. The van der Waals surface area contributed by atoms with Gasteiger partial charge >= 0.3 is 0 Å². The molecule has 0 fully saturated rings. The topological polar surface area (TPSA) is 20.2 Å². The maximum absolute atomic E-state index is 9.65. The van der Waals surface area contributed by atoms with Crippen LogP contribution >= 0.6 is 0 Å². The van der Waals surface area contributed by atoms with Crippen molar-refractivity contribution in [1.29, 1.82) is 0 Å². The van der Waals surface area contributed by atoms with Crippen LogP contribution in [-0.2, 0) is 0 Å². The quantitative estimate of drug-likeness (QED) is 0.528. The standard InChI is InChI=1S/C10H16O/c11-10-7-3-5-8-4-1-2-6-9(8)10/h10-11H,1-7H2. The summed E-state index contributed by atoms with van der Waals surface area (Å²) in [7, 11) is 0. The second-order valence-corrected chi connectivity index (χ2v) is 3.74. The van der Waals surface area contributed by atoms with Crippen LogP contribution in [0.25, 0.3) is 0 Å². The van der Waals surface area contributed by atoms with E-state index in [-0.39, 0.29) is 6.10 Å². The minimum atomic E-state index is -0.0703. The van der Waals surface area contributed by atoms with Crippen LogP contribution in [0.4, 0.5) is 0 Å². The van der Waals surface area contributed by atoms with Crippen molar-refractivity contribution in [2.24, 2.45) is 0 Å². The van der Waals surface area contributed by atoms with E-state index in [1.54, 1.807) is 5.57 Å². The fourth-order valence-corrected chi connectivity index (χ4v) is 2.36. The van der Waals surface area contributed by atoms with Crippen molar-refractivity contribution in [1.82, 2.24) is 0 Å². The first-order valence-corrected chi connectivity index (χ1v) is 4.77. The molecule has 62 valence electrons. The lowest BCUT2D eigenvalue weighted by Gasteiger charge is -2.28. The molecule has 0 saturated heterocycles. The van der Waals surface area contributed by atoms with E-state index in [1.807, 2.05) is 0 Å². The summed E-state index contributed by atoms with van der Waals surface area (Å²) in [5.74, 6) is 0. The van der Waals surface area contributed by atoms with Gasteiger partial charge in [-0.3, -0.25) is 0 Å². The lowest BCUT2D eigenvalue weighted by Crippen LogP contribution is -2.19. The Balaban J connectivity index is 2.21. The normalized spacial score (nSPS) is 31.9. The third-order valence-electron chi connectivity index (χ3n) is 2.99. The Morgan fingerprint density at radius 2 is 1.73 bits per heavy atom. The molecule has 0 aromatic carbocycles. The molecule has 0 radical (unpaired) electrons. The van der Waals surface area contributed by atoms with Gasteiger partial charge in [0.1, 0.15) is 0 Å². The maximum atomic E-state index is 9.65. The Morgan fingerprint density at radius 1 is 1.00 bits per heavy atom. The fourth-order valence-electron chi connectivity index (χ4n) is 2.36. The van der Waals surface area contributed by atoms with Crippen molar-refractivity contribution in [3.05, 3.63) is 11.1 Å². The molecule has 0 spiro atoms. The van der Waals surface area contributed by atoms with E-state index in [0.29, 0.717) is 0 Å². The Labute approximate surface area is 68.1 Å². The third-order valence-corrected chi connectivity index (χ3v) is 2.99. The zero-order valence-corrected chi connectivity index (χ0v) is 6.97. The first-order chi connectivity index (χ1) is 5.38. The number of aliphatic hydroxyl groups excluding tert-OH is 1. The molecule has 1 atom stereocenters. The second kappa shape index (κ2) is 2.98. The van der Waals surface area contributed by atoms with Crippen molar-refractivity contribution in [2.45, 2.75) is 51.0 Å². The van der Waals surface area contributed by atoms with Gasteiger partial charge in [-0.25, -0.2) is 0 Å². The molecule has 1 N–H and O–H groups in total. The van der Waals surface area contributed by atoms with Gasteiger partial charge in [0.05, 0.1) is 6.10 Å². The van der Waals surface area contributed by atoms with Crippen LogP contribution in [0.2, 0.25) is 0 Å². The van der Waals surface area contributed by atoms with Crippen molar-refractivity contribution >= 4 is 0 Å². The van der Waals surface area contributed by atoms with E-state index >= 15 is 0 Å². The van der Waals surface area contributed by atoms with Crippen LogP contribution < -0.4 is 0 Å². The Hall–Kier alpha value is -0.300.